The molecule has 0 heterocycles. The molecule has 3 atom stereocenters. The molecule has 0 aliphatic rings. The summed E-state index contributed by atoms with van der Waals surface area (Å²) in [5.41, 5.74) is 7.12. The van der Waals surface area contributed by atoms with Gasteiger partial charge in [0.05, 0.1) is 5.92 Å². The van der Waals surface area contributed by atoms with Gasteiger partial charge in [-0.25, -0.2) is 0 Å². The molecule has 106 valence electrons. The van der Waals surface area contributed by atoms with E-state index in [1.807, 2.05) is 51.1 Å². The third-order valence-electron chi connectivity index (χ3n) is 3.27. The van der Waals surface area contributed by atoms with Gasteiger partial charge in [-0.05, 0) is 19.0 Å². The predicted molar refractivity (Wildman–Crippen MR) is 78.7 cm³/mol. The second-order valence-corrected chi connectivity index (χ2v) is 4.93. The molecule has 1 aromatic rings. The number of amides is 1. The minimum Gasteiger partial charge on any atom is -0.354 e. The van der Waals surface area contributed by atoms with E-state index in [9.17, 15) is 4.79 Å². The van der Waals surface area contributed by atoms with Crippen molar-refractivity contribution in [2.45, 2.75) is 32.9 Å². The van der Waals surface area contributed by atoms with Crippen LogP contribution >= 0.6 is 0 Å². The third kappa shape index (κ3) is 5.01. The van der Waals surface area contributed by atoms with Gasteiger partial charge in [-0.2, -0.15) is 0 Å². The fourth-order valence-electron chi connectivity index (χ4n) is 1.96. The van der Waals surface area contributed by atoms with E-state index in [0.29, 0.717) is 6.54 Å². The van der Waals surface area contributed by atoms with Crippen LogP contribution in [0.25, 0.3) is 0 Å². The van der Waals surface area contributed by atoms with E-state index in [-0.39, 0.29) is 23.9 Å². The van der Waals surface area contributed by atoms with Crippen LogP contribution in [0.3, 0.4) is 0 Å². The Hall–Kier alpha value is -1.39. The zero-order chi connectivity index (χ0) is 14.3. The highest BCUT2D eigenvalue weighted by Gasteiger charge is 2.21. The first-order valence-corrected chi connectivity index (χ1v) is 6.87. The van der Waals surface area contributed by atoms with Gasteiger partial charge >= 0.3 is 0 Å². The summed E-state index contributed by atoms with van der Waals surface area (Å²) in [5, 5.41) is 6.19. The first kappa shape index (κ1) is 15.7. The van der Waals surface area contributed by atoms with E-state index in [2.05, 4.69) is 10.6 Å². The van der Waals surface area contributed by atoms with Crippen molar-refractivity contribution in [3.63, 3.8) is 0 Å². The first-order chi connectivity index (χ1) is 9.06. The van der Waals surface area contributed by atoms with Crippen molar-refractivity contribution in [2.24, 2.45) is 11.7 Å². The van der Waals surface area contributed by atoms with Gasteiger partial charge in [-0.15, -0.1) is 0 Å². The van der Waals surface area contributed by atoms with Crippen LogP contribution in [0.5, 0.6) is 0 Å². The molecule has 0 saturated heterocycles. The maximum atomic E-state index is 12.0. The number of rotatable bonds is 7. The minimum atomic E-state index is -0.268. The fourth-order valence-corrected chi connectivity index (χ4v) is 1.96. The molecule has 1 amide bonds. The number of hydrogen-bond donors (Lipinski definition) is 3. The van der Waals surface area contributed by atoms with Gasteiger partial charge in [0, 0.05) is 18.6 Å². The molecule has 4 nitrogen and oxygen atoms in total. The molecule has 0 aromatic heterocycles. The van der Waals surface area contributed by atoms with Crippen LogP contribution in [0.2, 0.25) is 0 Å². The molecule has 1 rings (SSSR count). The van der Waals surface area contributed by atoms with E-state index < -0.39 is 0 Å². The monoisotopic (exact) mass is 263 g/mol. The molecular formula is C15H25N3O. The smallest absolute Gasteiger partial charge is 0.224 e. The highest BCUT2D eigenvalue weighted by atomic mass is 16.1. The van der Waals surface area contributed by atoms with E-state index in [0.717, 1.165) is 12.1 Å². The van der Waals surface area contributed by atoms with Gasteiger partial charge in [0.1, 0.15) is 0 Å². The van der Waals surface area contributed by atoms with Gasteiger partial charge in [0.2, 0.25) is 5.91 Å². The van der Waals surface area contributed by atoms with Crippen molar-refractivity contribution in [1.82, 2.24) is 10.6 Å². The molecule has 0 fully saturated rings. The summed E-state index contributed by atoms with van der Waals surface area (Å²) in [6.45, 7) is 7.48. The number of likely N-dealkylation sites (N-methyl/N-ethyl adjacent to an activating group) is 1. The van der Waals surface area contributed by atoms with Gasteiger partial charge in [-0.1, -0.05) is 44.2 Å². The van der Waals surface area contributed by atoms with E-state index in [1.165, 1.54) is 0 Å². The number of hydrogen-bond acceptors (Lipinski definition) is 3. The Bertz CT molecular complexity index is 380. The zero-order valence-electron chi connectivity index (χ0n) is 12.0. The van der Waals surface area contributed by atoms with Crippen LogP contribution in [-0.4, -0.2) is 25.0 Å². The Morgan fingerprint density at radius 3 is 2.47 bits per heavy atom. The van der Waals surface area contributed by atoms with Gasteiger partial charge in [-0.3, -0.25) is 4.79 Å². The van der Waals surface area contributed by atoms with Crippen LogP contribution in [0, 0.1) is 5.92 Å². The lowest BCUT2D eigenvalue weighted by Gasteiger charge is -2.21. The normalized spacial score (nSPS) is 15.6. The Kier molecular flexibility index (Phi) is 6.53. The van der Waals surface area contributed by atoms with E-state index in [4.69, 9.17) is 5.73 Å². The maximum Gasteiger partial charge on any atom is 0.224 e. The Balaban J connectivity index is 2.48. The molecule has 4 N–H and O–H groups in total. The van der Waals surface area contributed by atoms with Crippen molar-refractivity contribution in [2.75, 3.05) is 13.1 Å². The second-order valence-electron chi connectivity index (χ2n) is 4.93. The SMILES string of the molecule is CCN[C@H](C)CNC(=O)C(C)C(N)c1ccccc1. The number of benzene rings is 1. The van der Waals surface area contributed by atoms with Crippen molar-refractivity contribution in [3.8, 4) is 0 Å². The molecule has 0 aliphatic carbocycles. The molecule has 0 saturated carbocycles. The summed E-state index contributed by atoms with van der Waals surface area (Å²) in [4.78, 5) is 12.0. The number of carbonyl (C=O) groups is 1. The molecule has 2 unspecified atom stereocenters. The third-order valence-corrected chi connectivity index (χ3v) is 3.27. The lowest BCUT2D eigenvalue weighted by molar-refractivity contribution is -0.125. The lowest BCUT2D eigenvalue weighted by Crippen LogP contribution is -2.42. The standard InChI is InChI=1S/C15H25N3O/c1-4-17-11(2)10-18-15(19)12(3)14(16)13-8-6-5-7-9-13/h5-9,11-12,14,17H,4,10,16H2,1-3H3,(H,18,19)/t11-,12?,14?/m1/s1. The first-order valence-electron chi connectivity index (χ1n) is 6.87. The summed E-state index contributed by atoms with van der Waals surface area (Å²) >= 11 is 0. The molecule has 0 bridgehead atoms. The number of nitrogens with one attached hydrogen (secondary N) is 2. The van der Waals surface area contributed by atoms with Crippen LogP contribution in [-0.2, 0) is 4.79 Å². The molecule has 0 aliphatic heterocycles. The topological polar surface area (TPSA) is 67.1 Å². The minimum absolute atomic E-state index is 0.00102. The number of carbonyl (C=O) groups excluding carboxylic acids is 1. The van der Waals surface area contributed by atoms with Crippen molar-refractivity contribution in [3.05, 3.63) is 35.9 Å². The molecule has 4 heteroatoms. The number of nitrogens with two attached hydrogens (primary N) is 1. The van der Waals surface area contributed by atoms with E-state index in [1.54, 1.807) is 0 Å². The molecule has 19 heavy (non-hydrogen) atoms. The zero-order valence-corrected chi connectivity index (χ0v) is 12.0. The quantitative estimate of drug-likeness (QED) is 0.697. The Morgan fingerprint density at radius 2 is 1.89 bits per heavy atom. The van der Waals surface area contributed by atoms with Crippen LogP contribution in [0.1, 0.15) is 32.4 Å². The summed E-state index contributed by atoms with van der Waals surface area (Å²) in [5.74, 6) is -0.239. The average Bonchev–Trinajstić information content (AvgIpc) is 2.44. The van der Waals surface area contributed by atoms with Gasteiger partial charge in [0.15, 0.2) is 0 Å². The largest absolute Gasteiger partial charge is 0.354 e. The lowest BCUT2D eigenvalue weighted by atomic mass is 9.94. The van der Waals surface area contributed by atoms with Crippen LogP contribution in [0.4, 0.5) is 0 Å². The van der Waals surface area contributed by atoms with Gasteiger partial charge < -0.3 is 16.4 Å². The van der Waals surface area contributed by atoms with Crippen molar-refractivity contribution < 1.29 is 4.79 Å². The molecule has 1 aromatic carbocycles. The molecule has 0 spiro atoms. The fraction of sp³-hybridized carbons (Fsp3) is 0.533. The second kappa shape index (κ2) is 7.92. The van der Waals surface area contributed by atoms with Crippen LogP contribution in [0.15, 0.2) is 30.3 Å². The van der Waals surface area contributed by atoms with Gasteiger partial charge in [0.25, 0.3) is 0 Å². The van der Waals surface area contributed by atoms with Crippen LogP contribution < -0.4 is 16.4 Å². The van der Waals surface area contributed by atoms with E-state index >= 15 is 0 Å². The highest BCUT2D eigenvalue weighted by molar-refractivity contribution is 5.79. The Labute approximate surface area is 115 Å². The van der Waals surface area contributed by atoms with Crippen molar-refractivity contribution in [1.29, 1.82) is 0 Å². The molecular weight excluding hydrogens is 238 g/mol. The molecule has 0 radical (unpaired) electrons. The summed E-state index contributed by atoms with van der Waals surface area (Å²) in [7, 11) is 0. The van der Waals surface area contributed by atoms with Crippen molar-refractivity contribution >= 4 is 5.91 Å². The summed E-state index contributed by atoms with van der Waals surface area (Å²) in [6.07, 6.45) is 0. The summed E-state index contributed by atoms with van der Waals surface area (Å²) < 4.78 is 0. The Morgan fingerprint density at radius 1 is 1.26 bits per heavy atom. The average molecular weight is 263 g/mol. The maximum absolute atomic E-state index is 12.0. The highest BCUT2D eigenvalue weighted by Crippen LogP contribution is 2.18. The summed E-state index contributed by atoms with van der Waals surface area (Å²) in [6, 6.07) is 9.73. The predicted octanol–water partition coefficient (Wildman–Crippen LogP) is 1.44.